The highest BCUT2D eigenvalue weighted by Crippen LogP contribution is 2.34. The summed E-state index contributed by atoms with van der Waals surface area (Å²) in [4.78, 5) is 11.9. The van der Waals surface area contributed by atoms with Gasteiger partial charge in [-0.1, -0.05) is 30.3 Å². The second kappa shape index (κ2) is 9.83. The second-order valence-corrected chi connectivity index (χ2v) is 8.41. The van der Waals surface area contributed by atoms with Gasteiger partial charge < -0.3 is 24.1 Å². The van der Waals surface area contributed by atoms with Crippen LogP contribution in [-0.4, -0.2) is 48.9 Å². The minimum Gasteiger partial charge on any atom is -0.469 e. The standard InChI is InChI=1S/C22H34O6/c1-21(2,20(24)25-5)19(23)14-18-13-17(27-22(3,4)28-18)11-12-26-15-16-9-7-6-8-10-16/h6-10,17-19,23H,11-15H2,1-5H3/t17-,18-,19+/m0/s1. The normalized spacial score (nSPS) is 23.2. The quantitative estimate of drug-likeness (QED) is 0.511. The minimum absolute atomic E-state index is 0.0297. The van der Waals surface area contributed by atoms with Gasteiger partial charge in [-0.05, 0) is 39.7 Å². The van der Waals surface area contributed by atoms with Crippen LogP contribution in [0.25, 0.3) is 0 Å². The Kier molecular flexibility index (Phi) is 8.01. The van der Waals surface area contributed by atoms with Gasteiger partial charge in [-0.25, -0.2) is 0 Å². The Morgan fingerprint density at radius 1 is 1.25 bits per heavy atom. The van der Waals surface area contributed by atoms with Crippen molar-refractivity contribution >= 4 is 5.97 Å². The smallest absolute Gasteiger partial charge is 0.313 e. The summed E-state index contributed by atoms with van der Waals surface area (Å²) in [5.74, 6) is -1.18. The Morgan fingerprint density at radius 2 is 1.89 bits per heavy atom. The van der Waals surface area contributed by atoms with Gasteiger partial charge in [-0.3, -0.25) is 4.79 Å². The molecular weight excluding hydrogens is 360 g/mol. The van der Waals surface area contributed by atoms with Crippen LogP contribution >= 0.6 is 0 Å². The van der Waals surface area contributed by atoms with Gasteiger partial charge in [0.05, 0.1) is 37.4 Å². The molecule has 0 saturated carbocycles. The Bertz CT molecular complexity index is 613. The highest BCUT2D eigenvalue weighted by molar-refractivity contribution is 5.76. The van der Waals surface area contributed by atoms with Crippen LogP contribution in [0.3, 0.4) is 0 Å². The van der Waals surface area contributed by atoms with E-state index in [9.17, 15) is 9.90 Å². The first-order chi connectivity index (χ1) is 13.1. The van der Waals surface area contributed by atoms with Crippen molar-refractivity contribution in [1.82, 2.24) is 0 Å². The molecule has 3 atom stereocenters. The van der Waals surface area contributed by atoms with E-state index >= 15 is 0 Å². The van der Waals surface area contributed by atoms with Gasteiger partial charge in [0.1, 0.15) is 0 Å². The van der Waals surface area contributed by atoms with Gasteiger partial charge in [0.2, 0.25) is 0 Å². The number of carbonyl (C=O) groups is 1. The van der Waals surface area contributed by atoms with Crippen molar-refractivity contribution in [2.45, 2.75) is 77.7 Å². The molecule has 0 unspecified atom stereocenters. The molecule has 0 bridgehead atoms. The van der Waals surface area contributed by atoms with Crippen molar-refractivity contribution in [2.24, 2.45) is 5.41 Å². The number of rotatable bonds is 9. The van der Waals surface area contributed by atoms with Gasteiger partial charge in [0.25, 0.3) is 0 Å². The van der Waals surface area contributed by atoms with Crippen molar-refractivity contribution in [3.8, 4) is 0 Å². The number of benzene rings is 1. The van der Waals surface area contributed by atoms with Gasteiger partial charge in [-0.15, -0.1) is 0 Å². The summed E-state index contributed by atoms with van der Waals surface area (Å²) in [6, 6.07) is 10.0. The topological polar surface area (TPSA) is 74.2 Å². The van der Waals surface area contributed by atoms with Crippen LogP contribution in [0.2, 0.25) is 0 Å². The summed E-state index contributed by atoms with van der Waals surface area (Å²) in [6.45, 7) is 8.26. The summed E-state index contributed by atoms with van der Waals surface area (Å²) >= 11 is 0. The molecular formula is C22H34O6. The number of ether oxygens (including phenoxy) is 4. The van der Waals surface area contributed by atoms with Crippen LogP contribution < -0.4 is 0 Å². The first-order valence-electron chi connectivity index (χ1n) is 9.88. The fourth-order valence-electron chi connectivity index (χ4n) is 3.46. The molecule has 158 valence electrons. The van der Waals surface area contributed by atoms with Crippen LogP contribution in [-0.2, 0) is 30.3 Å². The SMILES string of the molecule is COC(=O)C(C)(C)[C@H](O)C[C@@H]1C[C@H](CCOCc2ccccc2)OC(C)(C)O1. The third-order valence-corrected chi connectivity index (χ3v) is 5.15. The lowest BCUT2D eigenvalue weighted by Crippen LogP contribution is -2.48. The number of aliphatic hydroxyl groups is 1. The molecule has 0 amide bonds. The lowest BCUT2D eigenvalue weighted by atomic mass is 9.82. The molecule has 1 saturated heterocycles. The number of aliphatic hydroxyl groups excluding tert-OH is 1. The van der Waals surface area contributed by atoms with Crippen LogP contribution in [0, 0.1) is 5.41 Å². The summed E-state index contributed by atoms with van der Waals surface area (Å²) in [6.07, 6.45) is 0.628. The molecule has 1 heterocycles. The molecule has 1 fully saturated rings. The van der Waals surface area contributed by atoms with Gasteiger partial charge in [0.15, 0.2) is 5.79 Å². The number of hydrogen-bond donors (Lipinski definition) is 1. The van der Waals surface area contributed by atoms with Gasteiger partial charge >= 0.3 is 5.97 Å². The molecule has 6 heteroatoms. The third-order valence-electron chi connectivity index (χ3n) is 5.15. The van der Waals surface area contributed by atoms with E-state index in [0.29, 0.717) is 26.1 Å². The highest BCUT2D eigenvalue weighted by Gasteiger charge is 2.42. The summed E-state index contributed by atoms with van der Waals surface area (Å²) in [5, 5.41) is 10.6. The second-order valence-electron chi connectivity index (χ2n) is 8.41. The number of methoxy groups -OCH3 is 1. The van der Waals surface area contributed by atoms with E-state index in [1.54, 1.807) is 13.8 Å². The molecule has 1 aliphatic heterocycles. The maximum atomic E-state index is 11.9. The minimum atomic E-state index is -0.991. The van der Waals surface area contributed by atoms with E-state index in [-0.39, 0.29) is 12.2 Å². The monoisotopic (exact) mass is 394 g/mol. The molecule has 28 heavy (non-hydrogen) atoms. The van der Waals surface area contributed by atoms with Crippen molar-refractivity contribution in [2.75, 3.05) is 13.7 Å². The zero-order valence-corrected chi connectivity index (χ0v) is 17.6. The van der Waals surface area contributed by atoms with E-state index in [1.807, 2.05) is 44.2 Å². The van der Waals surface area contributed by atoms with E-state index < -0.39 is 23.3 Å². The summed E-state index contributed by atoms with van der Waals surface area (Å²) < 4.78 is 22.6. The fraction of sp³-hybridized carbons (Fsp3) is 0.682. The molecule has 1 N–H and O–H groups in total. The first-order valence-corrected chi connectivity index (χ1v) is 9.88. The van der Waals surface area contributed by atoms with Gasteiger partial charge in [0, 0.05) is 19.4 Å². The molecule has 0 aliphatic carbocycles. The molecule has 2 rings (SSSR count). The summed E-state index contributed by atoms with van der Waals surface area (Å²) in [7, 11) is 1.33. The molecule has 0 radical (unpaired) electrons. The van der Waals surface area contributed by atoms with Crippen molar-refractivity contribution in [3.63, 3.8) is 0 Å². The first kappa shape index (κ1) is 22.8. The number of esters is 1. The predicted octanol–water partition coefficient (Wildman–Crippen LogP) is 3.45. The molecule has 0 spiro atoms. The van der Waals surface area contributed by atoms with Crippen LogP contribution in [0.15, 0.2) is 30.3 Å². The fourth-order valence-corrected chi connectivity index (χ4v) is 3.46. The lowest BCUT2D eigenvalue weighted by Gasteiger charge is -2.42. The largest absolute Gasteiger partial charge is 0.469 e. The lowest BCUT2D eigenvalue weighted by molar-refractivity contribution is -0.305. The van der Waals surface area contributed by atoms with Crippen LogP contribution in [0.1, 0.15) is 52.5 Å². The van der Waals surface area contributed by atoms with Crippen molar-refractivity contribution in [3.05, 3.63) is 35.9 Å². The third kappa shape index (κ3) is 6.55. The average molecular weight is 395 g/mol. The summed E-state index contributed by atoms with van der Waals surface area (Å²) in [5.41, 5.74) is 0.149. The van der Waals surface area contributed by atoms with Crippen molar-refractivity contribution in [1.29, 1.82) is 0 Å². The zero-order chi connectivity index (χ0) is 20.8. The van der Waals surface area contributed by atoms with Crippen LogP contribution in [0.5, 0.6) is 0 Å². The number of carbonyl (C=O) groups excluding carboxylic acids is 1. The molecule has 6 nitrogen and oxygen atoms in total. The highest BCUT2D eigenvalue weighted by atomic mass is 16.7. The molecule has 1 aliphatic rings. The Morgan fingerprint density at radius 3 is 2.54 bits per heavy atom. The average Bonchev–Trinajstić information content (AvgIpc) is 2.64. The van der Waals surface area contributed by atoms with E-state index in [2.05, 4.69) is 0 Å². The van der Waals surface area contributed by atoms with Crippen molar-refractivity contribution < 1.29 is 28.8 Å². The molecule has 1 aromatic carbocycles. The Balaban J connectivity index is 1.85. The van der Waals surface area contributed by atoms with E-state index in [1.165, 1.54) is 7.11 Å². The zero-order valence-electron chi connectivity index (χ0n) is 17.6. The molecule has 0 aromatic heterocycles. The van der Waals surface area contributed by atoms with E-state index in [4.69, 9.17) is 18.9 Å². The Labute approximate surface area is 168 Å². The Hall–Kier alpha value is -1.47. The predicted molar refractivity (Wildman–Crippen MR) is 106 cm³/mol. The number of hydrogen-bond acceptors (Lipinski definition) is 6. The van der Waals surface area contributed by atoms with Crippen LogP contribution in [0.4, 0.5) is 0 Å². The molecule has 1 aromatic rings. The maximum Gasteiger partial charge on any atom is 0.313 e. The van der Waals surface area contributed by atoms with Gasteiger partial charge in [-0.2, -0.15) is 0 Å². The maximum absolute atomic E-state index is 11.9. The van der Waals surface area contributed by atoms with E-state index in [0.717, 1.165) is 12.0 Å².